The molecular formula is C15H15N5O. The number of benzene rings is 2. The first kappa shape index (κ1) is 13.1. The molecule has 0 unspecified atom stereocenters. The molecule has 0 aliphatic rings. The molecular weight excluding hydrogens is 266 g/mol. The highest BCUT2D eigenvalue weighted by atomic mass is 16.1. The van der Waals surface area contributed by atoms with E-state index in [0.29, 0.717) is 23.5 Å². The highest BCUT2D eigenvalue weighted by molar-refractivity contribution is 5.95. The number of nitrogens with zero attached hydrogens (tertiary/aromatic N) is 3. The molecule has 6 heteroatoms. The number of nitrogen functional groups attached to an aromatic ring is 1. The monoisotopic (exact) mass is 281 g/mol. The molecule has 0 aliphatic carbocycles. The minimum absolute atomic E-state index is 0.136. The van der Waals surface area contributed by atoms with Gasteiger partial charge in [-0.25, -0.2) is 4.68 Å². The van der Waals surface area contributed by atoms with E-state index >= 15 is 0 Å². The van der Waals surface area contributed by atoms with Crippen molar-refractivity contribution in [2.24, 2.45) is 0 Å². The molecule has 0 bridgehead atoms. The highest BCUT2D eigenvalue weighted by Gasteiger charge is 2.12. The Morgan fingerprint density at radius 2 is 2.10 bits per heavy atom. The van der Waals surface area contributed by atoms with Crippen LogP contribution in [0.4, 0.5) is 5.69 Å². The second-order valence-electron chi connectivity index (χ2n) is 4.62. The van der Waals surface area contributed by atoms with Crippen LogP contribution in [0.2, 0.25) is 0 Å². The van der Waals surface area contributed by atoms with Crippen LogP contribution in [0.15, 0.2) is 42.5 Å². The summed E-state index contributed by atoms with van der Waals surface area (Å²) < 4.78 is 1.65. The van der Waals surface area contributed by atoms with Crippen molar-refractivity contribution < 1.29 is 4.79 Å². The van der Waals surface area contributed by atoms with Gasteiger partial charge >= 0.3 is 0 Å². The number of nitrogens with two attached hydrogens (primary N) is 1. The highest BCUT2D eigenvalue weighted by Crippen LogP contribution is 2.22. The molecule has 0 radical (unpaired) electrons. The third-order valence-electron chi connectivity index (χ3n) is 3.21. The van der Waals surface area contributed by atoms with Crippen LogP contribution in [0.5, 0.6) is 0 Å². The molecule has 1 amide bonds. The van der Waals surface area contributed by atoms with E-state index in [4.69, 9.17) is 5.73 Å². The number of nitrogens with one attached hydrogen (secondary N) is 1. The van der Waals surface area contributed by atoms with Crippen molar-refractivity contribution in [3.05, 3.63) is 48.0 Å². The standard InChI is InChI=1S/C15H15N5O/c1-2-17-15(21)10-7-8-11(16)14(9-10)20-13-6-4-3-5-12(13)18-19-20/h3-9H,2,16H2,1H3,(H,17,21). The van der Waals surface area contributed by atoms with E-state index in [0.717, 1.165) is 11.0 Å². The quantitative estimate of drug-likeness (QED) is 0.716. The van der Waals surface area contributed by atoms with Crippen LogP contribution >= 0.6 is 0 Å². The zero-order chi connectivity index (χ0) is 14.8. The Morgan fingerprint density at radius 3 is 2.90 bits per heavy atom. The van der Waals surface area contributed by atoms with Crippen molar-refractivity contribution in [3.8, 4) is 5.69 Å². The van der Waals surface area contributed by atoms with E-state index in [9.17, 15) is 4.79 Å². The first-order chi connectivity index (χ1) is 10.2. The second kappa shape index (κ2) is 5.24. The molecule has 0 spiro atoms. The number of anilines is 1. The van der Waals surface area contributed by atoms with Crippen LogP contribution < -0.4 is 11.1 Å². The molecule has 106 valence electrons. The summed E-state index contributed by atoms with van der Waals surface area (Å²) in [6, 6.07) is 12.7. The van der Waals surface area contributed by atoms with Gasteiger partial charge in [0.1, 0.15) is 5.52 Å². The maximum Gasteiger partial charge on any atom is 0.251 e. The smallest absolute Gasteiger partial charge is 0.251 e. The van der Waals surface area contributed by atoms with Crippen molar-refractivity contribution in [2.75, 3.05) is 12.3 Å². The van der Waals surface area contributed by atoms with Gasteiger partial charge in [-0.3, -0.25) is 4.79 Å². The minimum atomic E-state index is -0.136. The molecule has 3 aromatic rings. The average Bonchev–Trinajstić information content (AvgIpc) is 2.92. The number of para-hydroxylation sites is 1. The Kier molecular flexibility index (Phi) is 3.27. The van der Waals surface area contributed by atoms with Crippen LogP contribution in [0.3, 0.4) is 0 Å². The predicted molar refractivity (Wildman–Crippen MR) is 81.3 cm³/mol. The Hall–Kier alpha value is -2.89. The van der Waals surface area contributed by atoms with Crippen molar-refractivity contribution in [1.29, 1.82) is 0 Å². The second-order valence-corrected chi connectivity index (χ2v) is 4.62. The Bertz CT molecular complexity index is 809. The maximum atomic E-state index is 11.9. The number of rotatable bonds is 3. The first-order valence-corrected chi connectivity index (χ1v) is 6.69. The lowest BCUT2D eigenvalue weighted by molar-refractivity contribution is 0.0956. The predicted octanol–water partition coefficient (Wildman–Crippen LogP) is 1.75. The molecule has 0 saturated carbocycles. The summed E-state index contributed by atoms with van der Waals surface area (Å²) in [5.41, 5.74) is 9.38. The van der Waals surface area contributed by atoms with Gasteiger partial charge in [-0.2, -0.15) is 0 Å². The van der Waals surface area contributed by atoms with E-state index in [-0.39, 0.29) is 5.91 Å². The molecule has 1 aromatic heterocycles. The summed E-state index contributed by atoms with van der Waals surface area (Å²) in [7, 11) is 0. The van der Waals surface area contributed by atoms with Crippen molar-refractivity contribution in [3.63, 3.8) is 0 Å². The summed E-state index contributed by atoms with van der Waals surface area (Å²) in [5.74, 6) is -0.136. The van der Waals surface area contributed by atoms with Crippen LogP contribution in [-0.2, 0) is 0 Å². The number of fused-ring (bicyclic) bond motifs is 1. The van der Waals surface area contributed by atoms with Crippen molar-refractivity contribution >= 4 is 22.6 Å². The van der Waals surface area contributed by atoms with Gasteiger partial charge in [0.05, 0.1) is 16.9 Å². The molecule has 3 rings (SSSR count). The zero-order valence-corrected chi connectivity index (χ0v) is 11.6. The lowest BCUT2D eigenvalue weighted by atomic mass is 10.1. The third kappa shape index (κ3) is 2.31. The van der Waals surface area contributed by atoms with E-state index in [1.807, 2.05) is 31.2 Å². The van der Waals surface area contributed by atoms with Gasteiger partial charge in [0.2, 0.25) is 0 Å². The van der Waals surface area contributed by atoms with Gasteiger partial charge in [-0.15, -0.1) is 5.10 Å². The van der Waals surface area contributed by atoms with Crippen LogP contribution in [0.1, 0.15) is 17.3 Å². The zero-order valence-electron chi connectivity index (χ0n) is 11.6. The SMILES string of the molecule is CCNC(=O)c1ccc(N)c(-n2nnc3ccccc32)c1. The van der Waals surface area contributed by atoms with Crippen LogP contribution in [0, 0.1) is 0 Å². The normalized spacial score (nSPS) is 10.7. The van der Waals surface area contributed by atoms with Gasteiger partial charge in [0.25, 0.3) is 5.91 Å². The lowest BCUT2D eigenvalue weighted by Gasteiger charge is -2.09. The fourth-order valence-corrected chi connectivity index (χ4v) is 2.18. The summed E-state index contributed by atoms with van der Waals surface area (Å²) in [6.45, 7) is 2.45. The third-order valence-corrected chi connectivity index (χ3v) is 3.21. The summed E-state index contributed by atoms with van der Waals surface area (Å²) >= 11 is 0. The molecule has 6 nitrogen and oxygen atoms in total. The Morgan fingerprint density at radius 1 is 1.29 bits per heavy atom. The minimum Gasteiger partial charge on any atom is -0.397 e. The summed E-state index contributed by atoms with van der Waals surface area (Å²) in [4.78, 5) is 11.9. The number of hydrogen-bond acceptors (Lipinski definition) is 4. The maximum absolute atomic E-state index is 11.9. The molecule has 2 aromatic carbocycles. The topological polar surface area (TPSA) is 85.8 Å². The van der Waals surface area contributed by atoms with Gasteiger partial charge in [0, 0.05) is 12.1 Å². The van der Waals surface area contributed by atoms with E-state index < -0.39 is 0 Å². The Labute approximate surface area is 121 Å². The van der Waals surface area contributed by atoms with Gasteiger partial charge < -0.3 is 11.1 Å². The van der Waals surface area contributed by atoms with Crippen LogP contribution in [0.25, 0.3) is 16.7 Å². The van der Waals surface area contributed by atoms with Crippen molar-refractivity contribution in [1.82, 2.24) is 20.3 Å². The molecule has 0 saturated heterocycles. The van der Waals surface area contributed by atoms with Gasteiger partial charge in [-0.1, -0.05) is 17.3 Å². The summed E-state index contributed by atoms with van der Waals surface area (Å²) in [5, 5.41) is 11.0. The molecule has 21 heavy (non-hydrogen) atoms. The van der Waals surface area contributed by atoms with E-state index in [1.54, 1.807) is 22.9 Å². The number of hydrogen-bond donors (Lipinski definition) is 2. The van der Waals surface area contributed by atoms with Gasteiger partial charge in [-0.05, 0) is 37.3 Å². The fourth-order valence-electron chi connectivity index (χ4n) is 2.18. The van der Waals surface area contributed by atoms with E-state index in [2.05, 4.69) is 15.6 Å². The summed E-state index contributed by atoms with van der Waals surface area (Å²) in [6.07, 6.45) is 0. The van der Waals surface area contributed by atoms with E-state index in [1.165, 1.54) is 0 Å². The number of amides is 1. The number of carbonyl (C=O) groups excluding carboxylic acids is 1. The number of carbonyl (C=O) groups is 1. The number of aromatic nitrogens is 3. The largest absolute Gasteiger partial charge is 0.397 e. The molecule has 0 aliphatic heterocycles. The molecule has 3 N–H and O–H groups in total. The van der Waals surface area contributed by atoms with Gasteiger partial charge in [0.15, 0.2) is 0 Å². The average molecular weight is 281 g/mol. The molecule has 0 atom stereocenters. The first-order valence-electron chi connectivity index (χ1n) is 6.69. The molecule has 0 fully saturated rings. The fraction of sp³-hybridized carbons (Fsp3) is 0.133. The molecule has 1 heterocycles. The van der Waals surface area contributed by atoms with Crippen LogP contribution in [-0.4, -0.2) is 27.4 Å². The van der Waals surface area contributed by atoms with Crippen molar-refractivity contribution in [2.45, 2.75) is 6.92 Å². The lowest BCUT2D eigenvalue weighted by Crippen LogP contribution is -2.22. The Balaban J connectivity index is 2.13.